The number of amides is 1. The van der Waals surface area contributed by atoms with Gasteiger partial charge in [0.05, 0.1) is 12.7 Å². The van der Waals surface area contributed by atoms with Crippen molar-refractivity contribution in [2.75, 3.05) is 6.61 Å². The number of nitriles is 1. The average Bonchev–Trinajstić information content (AvgIpc) is 2.51. The first-order chi connectivity index (χ1) is 11.3. The van der Waals surface area contributed by atoms with Crippen molar-refractivity contribution in [3.05, 3.63) is 29.8 Å². The third-order valence-corrected chi connectivity index (χ3v) is 3.22. The lowest BCUT2D eigenvalue weighted by atomic mass is 10.0. The first kappa shape index (κ1) is 19.4. The Balaban J connectivity index is 2.45. The minimum atomic E-state index is -1.28. The molecule has 0 unspecified atom stereocenters. The van der Waals surface area contributed by atoms with E-state index in [9.17, 15) is 14.4 Å². The predicted octanol–water partition coefficient (Wildman–Crippen LogP) is 2.28. The van der Waals surface area contributed by atoms with Crippen molar-refractivity contribution in [1.29, 1.82) is 5.26 Å². The number of hydrogen-bond donors (Lipinski definition) is 1. The fourth-order valence-electron chi connectivity index (χ4n) is 2.03. The van der Waals surface area contributed by atoms with E-state index in [0.29, 0.717) is 17.7 Å². The van der Waals surface area contributed by atoms with E-state index in [1.807, 2.05) is 0 Å². The second-order valence-corrected chi connectivity index (χ2v) is 5.73. The summed E-state index contributed by atoms with van der Waals surface area (Å²) in [5.74, 6) is -1.77. The number of hydrogen-bond acceptors (Lipinski definition) is 5. The third kappa shape index (κ3) is 6.21. The minimum Gasteiger partial charge on any atom is -0.494 e. The van der Waals surface area contributed by atoms with Crippen LogP contribution in [0.2, 0.25) is 0 Å². The Labute approximate surface area is 141 Å². The first-order valence-electron chi connectivity index (χ1n) is 7.81. The van der Waals surface area contributed by atoms with Crippen molar-refractivity contribution in [3.8, 4) is 11.8 Å². The lowest BCUT2D eigenvalue weighted by Gasteiger charge is -2.12. The standard InChI is InChI=1S/C18H22N2O4/c1-12(2)20-18(23)16(11-19)17(22)8-5-9-24-15-7-4-6-14(10-15)13(3)21/h4,6-7,10,12,16H,5,8-9H2,1-3H3,(H,20,23)/t16-/m0/s1. The van der Waals surface area contributed by atoms with E-state index in [2.05, 4.69) is 5.32 Å². The van der Waals surface area contributed by atoms with E-state index < -0.39 is 17.6 Å². The predicted molar refractivity (Wildman–Crippen MR) is 88.6 cm³/mol. The van der Waals surface area contributed by atoms with Crippen LogP contribution in [-0.4, -0.2) is 30.1 Å². The molecule has 1 N–H and O–H groups in total. The van der Waals surface area contributed by atoms with Crippen molar-refractivity contribution in [2.24, 2.45) is 5.92 Å². The molecule has 0 radical (unpaired) electrons. The van der Waals surface area contributed by atoms with Gasteiger partial charge in [-0.25, -0.2) is 0 Å². The van der Waals surface area contributed by atoms with Gasteiger partial charge >= 0.3 is 0 Å². The quantitative estimate of drug-likeness (QED) is 0.426. The molecule has 0 heterocycles. The molecule has 0 aliphatic heterocycles. The number of nitrogens with one attached hydrogen (secondary N) is 1. The largest absolute Gasteiger partial charge is 0.494 e. The summed E-state index contributed by atoms with van der Waals surface area (Å²) < 4.78 is 5.50. The monoisotopic (exact) mass is 330 g/mol. The van der Waals surface area contributed by atoms with Crippen LogP contribution in [0.5, 0.6) is 5.75 Å². The number of nitrogens with zero attached hydrogens (tertiary/aromatic N) is 1. The zero-order valence-corrected chi connectivity index (χ0v) is 14.2. The van der Waals surface area contributed by atoms with Crippen molar-refractivity contribution in [3.63, 3.8) is 0 Å². The summed E-state index contributed by atoms with van der Waals surface area (Å²) in [5.41, 5.74) is 0.554. The summed E-state index contributed by atoms with van der Waals surface area (Å²) >= 11 is 0. The van der Waals surface area contributed by atoms with E-state index in [1.54, 1.807) is 44.2 Å². The Hall–Kier alpha value is -2.68. The maximum absolute atomic E-state index is 12.0. The van der Waals surface area contributed by atoms with Gasteiger partial charge in [-0.05, 0) is 39.3 Å². The second-order valence-electron chi connectivity index (χ2n) is 5.73. The van der Waals surface area contributed by atoms with Gasteiger partial charge in [-0.2, -0.15) is 5.26 Å². The average molecular weight is 330 g/mol. The number of carbonyl (C=O) groups is 3. The topological polar surface area (TPSA) is 96.3 Å². The van der Waals surface area contributed by atoms with Gasteiger partial charge < -0.3 is 10.1 Å². The molecule has 1 atom stereocenters. The maximum Gasteiger partial charge on any atom is 0.245 e. The van der Waals surface area contributed by atoms with Crippen LogP contribution in [0.1, 0.15) is 44.0 Å². The molecule has 0 saturated carbocycles. The zero-order valence-electron chi connectivity index (χ0n) is 14.2. The molecule has 128 valence electrons. The third-order valence-electron chi connectivity index (χ3n) is 3.22. The molecule has 24 heavy (non-hydrogen) atoms. The Morgan fingerprint density at radius 2 is 2.00 bits per heavy atom. The summed E-state index contributed by atoms with van der Waals surface area (Å²) in [6.07, 6.45) is 0.465. The molecule has 0 aliphatic rings. The van der Waals surface area contributed by atoms with Crippen molar-refractivity contribution in [2.45, 2.75) is 39.7 Å². The molecule has 0 fully saturated rings. The molecule has 1 aromatic rings. The molecule has 1 aromatic carbocycles. The molecule has 1 amide bonds. The highest BCUT2D eigenvalue weighted by molar-refractivity contribution is 6.03. The molecule has 6 heteroatoms. The maximum atomic E-state index is 12.0. The SMILES string of the molecule is CC(=O)c1cccc(OCCCC(=O)[C@H](C#N)C(=O)NC(C)C)c1. The normalized spacial score (nSPS) is 11.5. The van der Waals surface area contributed by atoms with E-state index >= 15 is 0 Å². The van der Waals surface area contributed by atoms with E-state index in [4.69, 9.17) is 10.00 Å². The summed E-state index contributed by atoms with van der Waals surface area (Å²) in [6.45, 7) is 5.26. The summed E-state index contributed by atoms with van der Waals surface area (Å²) in [6, 6.07) is 8.40. The van der Waals surface area contributed by atoms with Gasteiger partial charge in [0.1, 0.15) is 5.75 Å². The lowest BCUT2D eigenvalue weighted by molar-refractivity contribution is -0.132. The highest BCUT2D eigenvalue weighted by Crippen LogP contribution is 2.14. The van der Waals surface area contributed by atoms with Gasteiger partial charge in [-0.3, -0.25) is 14.4 Å². The molecular formula is C18H22N2O4. The Morgan fingerprint density at radius 1 is 1.29 bits per heavy atom. The number of Topliss-reactive ketones (excluding diaryl/α,β-unsaturated/α-hetero) is 2. The molecule has 0 aliphatic carbocycles. The van der Waals surface area contributed by atoms with Gasteiger partial charge in [0.15, 0.2) is 17.5 Å². The highest BCUT2D eigenvalue weighted by Gasteiger charge is 2.26. The number of carbonyl (C=O) groups excluding carboxylic acids is 3. The molecule has 6 nitrogen and oxygen atoms in total. The second kappa shape index (κ2) is 9.46. The van der Waals surface area contributed by atoms with Gasteiger partial charge in [0.2, 0.25) is 5.91 Å². The Morgan fingerprint density at radius 3 is 2.58 bits per heavy atom. The fraction of sp³-hybridized carbons (Fsp3) is 0.444. The summed E-state index contributed by atoms with van der Waals surface area (Å²) in [5, 5.41) is 11.6. The van der Waals surface area contributed by atoms with Gasteiger partial charge in [0, 0.05) is 18.0 Å². The smallest absolute Gasteiger partial charge is 0.245 e. The van der Waals surface area contributed by atoms with Crippen LogP contribution < -0.4 is 10.1 Å². The zero-order chi connectivity index (χ0) is 18.1. The van der Waals surface area contributed by atoms with Crippen LogP contribution in [0.4, 0.5) is 0 Å². The molecule has 0 saturated heterocycles. The van der Waals surface area contributed by atoms with Crippen molar-refractivity contribution in [1.82, 2.24) is 5.32 Å². The number of ketones is 2. The summed E-state index contributed by atoms with van der Waals surface area (Å²) in [4.78, 5) is 35.0. The van der Waals surface area contributed by atoms with Crippen molar-refractivity contribution < 1.29 is 19.1 Å². The summed E-state index contributed by atoms with van der Waals surface area (Å²) in [7, 11) is 0. The van der Waals surface area contributed by atoms with Crippen LogP contribution >= 0.6 is 0 Å². The van der Waals surface area contributed by atoms with Gasteiger partial charge in [-0.1, -0.05) is 12.1 Å². The Bertz CT molecular complexity index is 647. The molecular weight excluding hydrogens is 308 g/mol. The number of ether oxygens (including phenoxy) is 1. The molecule has 1 rings (SSSR count). The minimum absolute atomic E-state index is 0.0522. The van der Waals surface area contributed by atoms with Crippen LogP contribution in [-0.2, 0) is 9.59 Å². The van der Waals surface area contributed by atoms with E-state index in [0.717, 1.165) is 0 Å². The van der Waals surface area contributed by atoms with Gasteiger partial charge in [-0.15, -0.1) is 0 Å². The van der Waals surface area contributed by atoms with Gasteiger partial charge in [0.25, 0.3) is 0 Å². The molecule has 0 bridgehead atoms. The lowest BCUT2D eigenvalue weighted by Crippen LogP contribution is -2.38. The van der Waals surface area contributed by atoms with Crippen LogP contribution in [0.15, 0.2) is 24.3 Å². The number of benzene rings is 1. The van der Waals surface area contributed by atoms with Crippen molar-refractivity contribution >= 4 is 17.5 Å². The fourth-order valence-corrected chi connectivity index (χ4v) is 2.03. The number of rotatable bonds is 9. The van der Waals surface area contributed by atoms with Crippen LogP contribution in [0.25, 0.3) is 0 Å². The molecule has 0 aromatic heterocycles. The first-order valence-corrected chi connectivity index (χ1v) is 7.81. The highest BCUT2D eigenvalue weighted by atomic mass is 16.5. The Kier molecular flexibility index (Phi) is 7.63. The van der Waals surface area contributed by atoms with Crippen LogP contribution in [0.3, 0.4) is 0 Å². The van der Waals surface area contributed by atoms with E-state index in [1.165, 1.54) is 6.92 Å². The van der Waals surface area contributed by atoms with Crippen LogP contribution in [0, 0.1) is 17.2 Å². The van der Waals surface area contributed by atoms with E-state index in [-0.39, 0.29) is 24.9 Å². The molecule has 0 spiro atoms.